The molecule has 0 spiro atoms. The molecule has 2 heterocycles. The van der Waals surface area contributed by atoms with Crippen molar-refractivity contribution in [1.29, 1.82) is 0 Å². The maximum Gasteiger partial charge on any atom is 0.153 e. The third kappa shape index (κ3) is 1.04. The van der Waals surface area contributed by atoms with Crippen molar-refractivity contribution < 1.29 is 4.79 Å². The van der Waals surface area contributed by atoms with Gasteiger partial charge in [0.05, 0.1) is 16.6 Å². The van der Waals surface area contributed by atoms with E-state index in [1.54, 1.807) is 11.6 Å². The van der Waals surface area contributed by atoms with Crippen molar-refractivity contribution in [3.05, 3.63) is 22.7 Å². The highest BCUT2D eigenvalue weighted by atomic mass is 35.5. The zero-order valence-electron chi connectivity index (χ0n) is 7.78. The van der Waals surface area contributed by atoms with E-state index in [4.69, 9.17) is 11.6 Å². The predicted octanol–water partition coefficient (Wildman–Crippen LogP) is 1.74. The van der Waals surface area contributed by atoms with Crippen molar-refractivity contribution in [2.45, 2.75) is 6.92 Å². The Hall–Kier alpha value is -1.42. The van der Waals surface area contributed by atoms with Gasteiger partial charge < -0.3 is 4.57 Å². The molecule has 0 aliphatic carbocycles. The Labute approximate surface area is 85.5 Å². The van der Waals surface area contributed by atoms with Gasteiger partial charge in [0.2, 0.25) is 0 Å². The number of hydrogen-bond acceptors (Lipinski definition) is 3. The van der Waals surface area contributed by atoms with Gasteiger partial charge in [-0.25, -0.2) is 9.97 Å². The van der Waals surface area contributed by atoms with Crippen LogP contribution >= 0.6 is 11.6 Å². The van der Waals surface area contributed by atoms with Crippen LogP contribution in [0.15, 0.2) is 6.33 Å². The van der Waals surface area contributed by atoms with Gasteiger partial charge in [-0.15, -0.1) is 0 Å². The Morgan fingerprint density at radius 2 is 2.21 bits per heavy atom. The van der Waals surface area contributed by atoms with E-state index in [-0.39, 0.29) is 0 Å². The summed E-state index contributed by atoms with van der Waals surface area (Å²) in [4.78, 5) is 19.0. The van der Waals surface area contributed by atoms with Gasteiger partial charge >= 0.3 is 0 Å². The maximum absolute atomic E-state index is 10.9. The normalized spacial score (nSPS) is 10.8. The minimum absolute atomic E-state index is 0.401. The fourth-order valence-electron chi connectivity index (χ4n) is 1.52. The molecule has 4 nitrogen and oxygen atoms in total. The number of aromatic nitrogens is 3. The van der Waals surface area contributed by atoms with Crippen molar-refractivity contribution in [2.24, 2.45) is 7.05 Å². The molecule has 0 saturated heterocycles. The Bertz CT molecular complexity index is 518. The largest absolute Gasteiger partial charge is 0.319 e. The van der Waals surface area contributed by atoms with E-state index in [0.717, 1.165) is 17.4 Å². The minimum Gasteiger partial charge on any atom is -0.319 e. The molecule has 2 aromatic rings. The zero-order valence-corrected chi connectivity index (χ0v) is 8.54. The number of carbonyl (C=O) groups excluding carboxylic acids is 1. The summed E-state index contributed by atoms with van der Waals surface area (Å²) in [6.07, 6.45) is 2.20. The molecule has 0 radical (unpaired) electrons. The molecule has 0 amide bonds. The summed E-state index contributed by atoms with van der Waals surface area (Å²) in [5, 5.41) is 1.13. The van der Waals surface area contributed by atoms with E-state index < -0.39 is 0 Å². The van der Waals surface area contributed by atoms with E-state index in [1.165, 1.54) is 6.33 Å². The number of nitrogens with zero attached hydrogens (tertiary/aromatic N) is 3. The zero-order chi connectivity index (χ0) is 10.3. The van der Waals surface area contributed by atoms with Crippen LogP contribution in [-0.4, -0.2) is 20.8 Å². The molecule has 14 heavy (non-hydrogen) atoms. The van der Waals surface area contributed by atoms with Crippen LogP contribution in [0.3, 0.4) is 0 Å². The number of hydrogen-bond donors (Lipinski definition) is 0. The van der Waals surface area contributed by atoms with Gasteiger partial charge in [0.1, 0.15) is 17.1 Å². The van der Waals surface area contributed by atoms with Crippen molar-refractivity contribution in [2.75, 3.05) is 0 Å². The van der Waals surface area contributed by atoms with E-state index in [0.29, 0.717) is 16.4 Å². The lowest BCUT2D eigenvalue weighted by molar-refractivity contribution is 0.112. The molecule has 72 valence electrons. The number of fused-ring (bicyclic) bond motifs is 1. The first-order chi connectivity index (χ1) is 6.66. The van der Waals surface area contributed by atoms with Crippen LogP contribution in [0.5, 0.6) is 0 Å². The first-order valence-corrected chi connectivity index (χ1v) is 4.45. The van der Waals surface area contributed by atoms with Crippen LogP contribution in [0.4, 0.5) is 0 Å². The maximum atomic E-state index is 10.9. The lowest BCUT2D eigenvalue weighted by atomic mass is 10.2. The van der Waals surface area contributed by atoms with Crippen molar-refractivity contribution in [3.63, 3.8) is 0 Å². The fourth-order valence-corrected chi connectivity index (χ4v) is 1.73. The summed E-state index contributed by atoms with van der Waals surface area (Å²) >= 11 is 5.97. The first-order valence-electron chi connectivity index (χ1n) is 4.07. The van der Waals surface area contributed by atoms with E-state index in [2.05, 4.69) is 9.97 Å². The average Bonchev–Trinajstić information content (AvgIpc) is 2.43. The van der Waals surface area contributed by atoms with Gasteiger partial charge in [-0.05, 0) is 6.92 Å². The van der Waals surface area contributed by atoms with Gasteiger partial charge in [-0.3, -0.25) is 4.79 Å². The van der Waals surface area contributed by atoms with Crippen LogP contribution in [0, 0.1) is 6.92 Å². The molecule has 0 bridgehead atoms. The number of halogens is 1. The number of carbonyl (C=O) groups is 1. The average molecular weight is 210 g/mol. The van der Waals surface area contributed by atoms with Crippen molar-refractivity contribution in [1.82, 2.24) is 14.5 Å². The second kappa shape index (κ2) is 3.06. The smallest absolute Gasteiger partial charge is 0.153 e. The SMILES string of the molecule is Cc1ncnc2c1c(C=O)c(Cl)n2C. The standard InChI is InChI=1S/C9H8ClN3O/c1-5-7-6(3-14)8(10)13(2)9(7)12-4-11-5/h3-4H,1-2H3. The lowest BCUT2D eigenvalue weighted by Crippen LogP contribution is -1.91. The second-order valence-electron chi connectivity index (χ2n) is 3.04. The molecular formula is C9H8ClN3O. The molecule has 0 atom stereocenters. The highest BCUT2D eigenvalue weighted by Gasteiger charge is 2.15. The van der Waals surface area contributed by atoms with E-state index >= 15 is 0 Å². The molecule has 0 unspecified atom stereocenters. The summed E-state index contributed by atoms with van der Waals surface area (Å²) in [5.74, 6) is 0. The molecule has 0 fully saturated rings. The Balaban J connectivity index is 3.03. The first kappa shape index (κ1) is 9.15. The van der Waals surface area contributed by atoms with Gasteiger partial charge in [-0.2, -0.15) is 0 Å². The third-order valence-corrected chi connectivity index (χ3v) is 2.70. The number of rotatable bonds is 1. The van der Waals surface area contributed by atoms with Crippen LogP contribution in [0.2, 0.25) is 5.15 Å². The molecule has 5 heteroatoms. The Morgan fingerprint density at radius 1 is 1.50 bits per heavy atom. The highest BCUT2D eigenvalue weighted by molar-refractivity contribution is 6.34. The molecule has 0 saturated carbocycles. The van der Waals surface area contributed by atoms with Crippen LogP contribution in [0.1, 0.15) is 16.1 Å². The topological polar surface area (TPSA) is 47.8 Å². The Kier molecular flexibility index (Phi) is 2.00. The summed E-state index contributed by atoms with van der Waals surface area (Å²) in [7, 11) is 1.77. The molecular weight excluding hydrogens is 202 g/mol. The quantitative estimate of drug-likeness (QED) is 0.673. The summed E-state index contributed by atoms with van der Waals surface area (Å²) < 4.78 is 1.68. The summed E-state index contributed by atoms with van der Waals surface area (Å²) in [6, 6.07) is 0. The highest BCUT2D eigenvalue weighted by Crippen LogP contribution is 2.27. The van der Waals surface area contributed by atoms with Gasteiger partial charge in [0, 0.05) is 7.05 Å². The molecule has 0 aliphatic heterocycles. The Morgan fingerprint density at radius 3 is 2.86 bits per heavy atom. The van der Waals surface area contributed by atoms with Gasteiger partial charge in [-0.1, -0.05) is 11.6 Å². The number of aryl methyl sites for hydroxylation is 2. The minimum atomic E-state index is 0.401. The molecule has 2 aromatic heterocycles. The molecule has 0 N–H and O–H groups in total. The van der Waals surface area contributed by atoms with E-state index in [1.807, 2.05) is 6.92 Å². The summed E-state index contributed by atoms with van der Waals surface area (Å²) in [5.41, 5.74) is 1.91. The van der Waals surface area contributed by atoms with Crippen molar-refractivity contribution in [3.8, 4) is 0 Å². The molecule has 0 aliphatic rings. The van der Waals surface area contributed by atoms with Crippen LogP contribution < -0.4 is 0 Å². The monoisotopic (exact) mass is 209 g/mol. The molecule has 0 aromatic carbocycles. The third-order valence-electron chi connectivity index (χ3n) is 2.24. The van der Waals surface area contributed by atoms with Gasteiger partial charge in [0.25, 0.3) is 0 Å². The number of aldehydes is 1. The molecule has 2 rings (SSSR count). The second-order valence-corrected chi connectivity index (χ2v) is 3.40. The van der Waals surface area contributed by atoms with Gasteiger partial charge in [0.15, 0.2) is 6.29 Å². The summed E-state index contributed by atoms with van der Waals surface area (Å²) in [6.45, 7) is 1.83. The lowest BCUT2D eigenvalue weighted by Gasteiger charge is -1.95. The van der Waals surface area contributed by atoms with Crippen LogP contribution in [-0.2, 0) is 7.05 Å². The predicted molar refractivity (Wildman–Crippen MR) is 53.6 cm³/mol. The van der Waals surface area contributed by atoms with E-state index in [9.17, 15) is 4.79 Å². The fraction of sp³-hybridized carbons (Fsp3) is 0.222. The van der Waals surface area contributed by atoms with Crippen molar-refractivity contribution >= 4 is 28.9 Å². The van der Waals surface area contributed by atoms with Crippen LogP contribution in [0.25, 0.3) is 11.0 Å².